The van der Waals surface area contributed by atoms with Crippen molar-refractivity contribution in [1.82, 2.24) is 15.5 Å². The number of benzene rings is 1. The van der Waals surface area contributed by atoms with Crippen molar-refractivity contribution < 1.29 is 4.74 Å². The van der Waals surface area contributed by atoms with Gasteiger partial charge in [0.05, 0.1) is 25.8 Å². The summed E-state index contributed by atoms with van der Waals surface area (Å²) in [5, 5.41) is 6.87. The van der Waals surface area contributed by atoms with E-state index in [9.17, 15) is 0 Å². The van der Waals surface area contributed by atoms with Crippen LogP contribution < -0.4 is 10.6 Å². The standard InChI is InChI=1S/C21H36N4OS/c1-4-22-21(23-10-5-6-15-27-3)24-17-20(25-11-13-26-14-12-25)19-9-7-8-18(2)16-19/h7-9,16,20H,4-6,10-15,17H2,1-3H3,(H2,22,23,24). The van der Waals surface area contributed by atoms with Crippen LogP contribution in [0.3, 0.4) is 0 Å². The maximum absolute atomic E-state index is 5.56. The number of aliphatic imine (C=N–C) groups is 1. The molecule has 0 amide bonds. The van der Waals surface area contributed by atoms with Crippen molar-refractivity contribution in [3.63, 3.8) is 0 Å². The Morgan fingerprint density at radius 1 is 1.26 bits per heavy atom. The van der Waals surface area contributed by atoms with Crippen molar-refractivity contribution in [1.29, 1.82) is 0 Å². The van der Waals surface area contributed by atoms with Crippen LogP contribution >= 0.6 is 11.8 Å². The Morgan fingerprint density at radius 2 is 2.07 bits per heavy atom. The number of nitrogens with zero attached hydrogens (tertiary/aromatic N) is 2. The fraction of sp³-hybridized carbons (Fsp3) is 0.667. The highest BCUT2D eigenvalue weighted by Crippen LogP contribution is 2.23. The van der Waals surface area contributed by atoms with Gasteiger partial charge in [0.1, 0.15) is 0 Å². The van der Waals surface area contributed by atoms with E-state index in [4.69, 9.17) is 9.73 Å². The molecule has 152 valence electrons. The summed E-state index contributed by atoms with van der Waals surface area (Å²) < 4.78 is 5.56. The second kappa shape index (κ2) is 13.0. The van der Waals surface area contributed by atoms with E-state index < -0.39 is 0 Å². The molecular weight excluding hydrogens is 356 g/mol. The lowest BCUT2D eigenvalue weighted by Gasteiger charge is -2.34. The number of guanidine groups is 1. The summed E-state index contributed by atoms with van der Waals surface area (Å²) in [6.45, 7) is 10.4. The second-order valence-corrected chi connectivity index (χ2v) is 7.91. The Labute approximate surface area is 169 Å². The van der Waals surface area contributed by atoms with E-state index in [1.807, 2.05) is 11.8 Å². The van der Waals surface area contributed by atoms with Gasteiger partial charge in [-0.1, -0.05) is 29.8 Å². The average molecular weight is 393 g/mol. The molecule has 1 unspecified atom stereocenters. The number of hydrogen-bond donors (Lipinski definition) is 2. The highest BCUT2D eigenvalue weighted by molar-refractivity contribution is 7.98. The van der Waals surface area contributed by atoms with E-state index in [0.29, 0.717) is 6.04 Å². The zero-order valence-corrected chi connectivity index (χ0v) is 18.0. The number of ether oxygens (including phenoxy) is 1. The molecule has 1 aliphatic heterocycles. The van der Waals surface area contributed by atoms with Gasteiger partial charge in [-0.3, -0.25) is 9.89 Å². The molecule has 5 nitrogen and oxygen atoms in total. The summed E-state index contributed by atoms with van der Waals surface area (Å²) in [4.78, 5) is 7.42. The zero-order chi connectivity index (χ0) is 19.3. The van der Waals surface area contributed by atoms with Crippen LogP contribution in [0.5, 0.6) is 0 Å². The van der Waals surface area contributed by atoms with Crippen molar-refractivity contribution in [2.24, 2.45) is 4.99 Å². The third-order valence-corrected chi connectivity index (χ3v) is 5.44. The maximum Gasteiger partial charge on any atom is 0.191 e. The first-order valence-electron chi connectivity index (χ1n) is 10.1. The summed E-state index contributed by atoms with van der Waals surface area (Å²) in [5.41, 5.74) is 2.64. The molecule has 27 heavy (non-hydrogen) atoms. The molecule has 0 bridgehead atoms. The molecule has 1 fully saturated rings. The van der Waals surface area contributed by atoms with E-state index in [-0.39, 0.29) is 0 Å². The summed E-state index contributed by atoms with van der Waals surface area (Å²) in [6, 6.07) is 9.12. The molecule has 1 saturated heterocycles. The predicted molar refractivity (Wildman–Crippen MR) is 118 cm³/mol. The Kier molecular flexibility index (Phi) is 10.6. The first-order valence-corrected chi connectivity index (χ1v) is 11.5. The Bertz CT molecular complexity index is 561. The normalized spacial score (nSPS) is 16.9. The van der Waals surface area contributed by atoms with E-state index >= 15 is 0 Å². The molecule has 1 aromatic carbocycles. The fourth-order valence-electron chi connectivity index (χ4n) is 3.30. The monoisotopic (exact) mass is 392 g/mol. The lowest BCUT2D eigenvalue weighted by molar-refractivity contribution is 0.0179. The molecule has 6 heteroatoms. The molecule has 1 aromatic rings. The van der Waals surface area contributed by atoms with Crippen LogP contribution in [0.15, 0.2) is 29.3 Å². The molecule has 2 N–H and O–H groups in total. The second-order valence-electron chi connectivity index (χ2n) is 6.92. The molecule has 1 atom stereocenters. The number of hydrogen-bond acceptors (Lipinski definition) is 4. The smallest absolute Gasteiger partial charge is 0.191 e. The lowest BCUT2D eigenvalue weighted by Crippen LogP contribution is -2.42. The molecule has 1 aliphatic rings. The molecule has 0 aliphatic carbocycles. The number of morpholine rings is 1. The lowest BCUT2D eigenvalue weighted by atomic mass is 10.0. The molecule has 2 rings (SSSR count). The molecule has 1 heterocycles. The first-order chi connectivity index (χ1) is 13.2. The SMILES string of the molecule is CCNC(=NCC(c1cccc(C)c1)N1CCOCC1)NCCCCSC. The minimum atomic E-state index is 0.292. The number of aryl methyl sites for hydroxylation is 1. The van der Waals surface area contributed by atoms with Crippen LogP contribution in [0, 0.1) is 6.92 Å². The van der Waals surface area contributed by atoms with Crippen LogP contribution in [0.2, 0.25) is 0 Å². The highest BCUT2D eigenvalue weighted by Gasteiger charge is 2.22. The van der Waals surface area contributed by atoms with Crippen LogP contribution in [-0.2, 0) is 4.74 Å². The van der Waals surface area contributed by atoms with Crippen molar-refractivity contribution in [2.45, 2.75) is 32.7 Å². The third-order valence-electron chi connectivity index (χ3n) is 4.75. The minimum Gasteiger partial charge on any atom is -0.379 e. The zero-order valence-electron chi connectivity index (χ0n) is 17.2. The van der Waals surface area contributed by atoms with E-state index in [0.717, 1.165) is 51.9 Å². The predicted octanol–water partition coefficient (Wildman–Crippen LogP) is 3.07. The number of nitrogens with one attached hydrogen (secondary N) is 2. The first kappa shape index (κ1) is 22.1. The maximum atomic E-state index is 5.56. The average Bonchev–Trinajstić information content (AvgIpc) is 2.69. The highest BCUT2D eigenvalue weighted by atomic mass is 32.2. The van der Waals surface area contributed by atoms with Gasteiger partial charge < -0.3 is 15.4 Å². The van der Waals surface area contributed by atoms with E-state index in [1.54, 1.807) is 0 Å². The van der Waals surface area contributed by atoms with Gasteiger partial charge in [-0.15, -0.1) is 0 Å². The van der Waals surface area contributed by atoms with E-state index in [1.165, 1.54) is 29.7 Å². The van der Waals surface area contributed by atoms with Crippen LogP contribution in [0.4, 0.5) is 0 Å². The summed E-state index contributed by atoms with van der Waals surface area (Å²) in [7, 11) is 0. The number of thioether (sulfide) groups is 1. The van der Waals surface area contributed by atoms with Crippen molar-refractivity contribution >= 4 is 17.7 Å². The van der Waals surface area contributed by atoms with Crippen LogP contribution in [0.25, 0.3) is 0 Å². The quantitative estimate of drug-likeness (QED) is 0.364. The fourth-order valence-corrected chi connectivity index (χ4v) is 3.79. The summed E-state index contributed by atoms with van der Waals surface area (Å²) >= 11 is 1.91. The topological polar surface area (TPSA) is 48.9 Å². The summed E-state index contributed by atoms with van der Waals surface area (Å²) in [6.07, 6.45) is 4.58. The molecule has 0 aromatic heterocycles. The van der Waals surface area contributed by atoms with Gasteiger partial charge in [0.15, 0.2) is 5.96 Å². The molecule has 0 radical (unpaired) electrons. The van der Waals surface area contributed by atoms with E-state index in [2.05, 4.69) is 59.9 Å². The Hall–Kier alpha value is -1.24. The van der Waals surface area contributed by atoms with Gasteiger partial charge in [-0.05, 0) is 44.3 Å². The molecule has 0 spiro atoms. The van der Waals surface area contributed by atoms with Crippen LogP contribution in [-0.4, -0.2) is 68.8 Å². The van der Waals surface area contributed by atoms with Gasteiger partial charge in [-0.2, -0.15) is 11.8 Å². The summed E-state index contributed by atoms with van der Waals surface area (Å²) in [5.74, 6) is 2.15. The molecular formula is C21H36N4OS. The minimum absolute atomic E-state index is 0.292. The van der Waals surface area contributed by atoms with Crippen molar-refractivity contribution in [3.05, 3.63) is 35.4 Å². The third kappa shape index (κ3) is 8.11. The van der Waals surface area contributed by atoms with Gasteiger partial charge in [-0.25, -0.2) is 0 Å². The van der Waals surface area contributed by atoms with Crippen LogP contribution in [0.1, 0.15) is 36.9 Å². The van der Waals surface area contributed by atoms with Gasteiger partial charge >= 0.3 is 0 Å². The number of rotatable bonds is 10. The van der Waals surface area contributed by atoms with Crippen molar-refractivity contribution in [2.75, 3.05) is 57.9 Å². The Morgan fingerprint density at radius 3 is 2.78 bits per heavy atom. The van der Waals surface area contributed by atoms with Gasteiger partial charge in [0.25, 0.3) is 0 Å². The molecule has 0 saturated carbocycles. The number of unbranched alkanes of at least 4 members (excludes halogenated alkanes) is 1. The Balaban J connectivity index is 2.03. The van der Waals surface area contributed by atoms with Gasteiger partial charge in [0, 0.05) is 26.2 Å². The van der Waals surface area contributed by atoms with Gasteiger partial charge in [0.2, 0.25) is 0 Å². The van der Waals surface area contributed by atoms with Crippen molar-refractivity contribution in [3.8, 4) is 0 Å². The largest absolute Gasteiger partial charge is 0.379 e.